The maximum atomic E-state index is 12.9. The Bertz CT molecular complexity index is 1190. The summed E-state index contributed by atoms with van der Waals surface area (Å²) < 4.78 is 59.4. The van der Waals surface area contributed by atoms with Crippen LogP contribution in [-0.4, -0.2) is 38.1 Å². The van der Waals surface area contributed by atoms with Crippen LogP contribution < -0.4 is 10.0 Å². The van der Waals surface area contributed by atoms with Crippen molar-refractivity contribution in [1.82, 2.24) is 5.32 Å². The zero-order valence-electron chi connectivity index (χ0n) is 19.9. The number of rotatable bonds is 7. The molecule has 2 aliphatic rings. The topological polar surface area (TPSA) is 113 Å². The molecule has 2 saturated carbocycles. The summed E-state index contributed by atoms with van der Waals surface area (Å²) in [5, 5.41) is 10.8. The first kappa shape index (κ1) is 28.8. The number of aliphatic carboxylic acids is 1. The van der Waals surface area contributed by atoms with Crippen LogP contribution >= 0.6 is 11.6 Å². The van der Waals surface area contributed by atoms with Crippen molar-refractivity contribution in [3.8, 4) is 0 Å². The van der Waals surface area contributed by atoms with Gasteiger partial charge in [-0.25, -0.2) is 13.2 Å². The van der Waals surface area contributed by atoms with E-state index in [9.17, 15) is 26.4 Å². The number of carboxylic acid groups (broad SMARTS) is 1. The molecule has 202 valence electrons. The molecule has 0 saturated heterocycles. The summed E-state index contributed by atoms with van der Waals surface area (Å²) in [6, 6.07) is 13.2. The Morgan fingerprint density at radius 2 is 1.51 bits per heavy atom. The third kappa shape index (κ3) is 7.85. The highest BCUT2D eigenvalue weighted by molar-refractivity contribution is 7.92. The zero-order valence-corrected chi connectivity index (χ0v) is 21.4. The first-order valence-corrected chi connectivity index (χ1v) is 13.7. The maximum Gasteiger partial charge on any atom is 0.490 e. The normalized spacial score (nSPS) is 17.2. The molecule has 0 bridgehead atoms. The minimum absolute atomic E-state index is 0.0996. The van der Waals surface area contributed by atoms with Gasteiger partial charge in [-0.05, 0) is 73.6 Å². The molecule has 37 heavy (non-hydrogen) atoms. The molecule has 0 atom stereocenters. The molecule has 2 aromatic carbocycles. The fourth-order valence-corrected chi connectivity index (χ4v) is 5.44. The van der Waals surface area contributed by atoms with Crippen LogP contribution in [0.1, 0.15) is 50.5 Å². The number of halogens is 4. The molecule has 0 radical (unpaired) electrons. The Morgan fingerprint density at radius 1 is 0.973 bits per heavy atom. The van der Waals surface area contributed by atoms with Crippen molar-refractivity contribution in [1.29, 1.82) is 0 Å². The lowest BCUT2D eigenvalue weighted by atomic mass is 9.88. The third-order valence-corrected chi connectivity index (χ3v) is 8.17. The predicted molar refractivity (Wildman–Crippen MR) is 133 cm³/mol. The lowest BCUT2D eigenvalue weighted by Gasteiger charge is -2.23. The van der Waals surface area contributed by atoms with Crippen LogP contribution in [-0.2, 0) is 25.0 Å². The first-order chi connectivity index (χ1) is 17.3. The number of alkyl halides is 3. The lowest BCUT2D eigenvalue weighted by Crippen LogP contribution is -2.38. The number of hydrogen-bond acceptors (Lipinski definition) is 4. The van der Waals surface area contributed by atoms with E-state index in [0.29, 0.717) is 16.6 Å². The molecule has 2 fully saturated rings. The fourth-order valence-electron chi connectivity index (χ4n) is 4.25. The minimum atomic E-state index is -5.08. The Balaban J connectivity index is 0.000000479. The van der Waals surface area contributed by atoms with Gasteiger partial charge in [0.15, 0.2) is 0 Å². The zero-order chi connectivity index (χ0) is 27.3. The number of nitrogens with one attached hydrogen (secondary N) is 2. The van der Waals surface area contributed by atoms with Crippen molar-refractivity contribution >= 4 is 39.2 Å². The van der Waals surface area contributed by atoms with Gasteiger partial charge in [0.25, 0.3) is 10.0 Å². The molecule has 2 aliphatic carbocycles. The van der Waals surface area contributed by atoms with Gasteiger partial charge in [-0.1, -0.05) is 43.0 Å². The van der Waals surface area contributed by atoms with Crippen molar-refractivity contribution in [2.75, 3.05) is 11.3 Å². The van der Waals surface area contributed by atoms with Gasteiger partial charge in [0.2, 0.25) is 5.91 Å². The number of hydrogen-bond donors (Lipinski definition) is 3. The van der Waals surface area contributed by atoms with Crippen molar-refractivity contribution in [2.45, 2.75) is 61.4 Å². The molecule has 0 aliphatic heterocycles. The second-order valence-corrected chi connectivity index (χ2v) is 11.4. The Hall–Kier alpha value is -2.79. The van der Waals surface area contributed by atoms with Crippen LogP contribution in [0.2, 0.25) is 5.02 Å². The van der Waals surface area contributed by atoms with Crippen molar-refractivity contribution < 1.29 is 36.3 Å². The highest BCUT2D eigenvalue weighted by Gasteiger charge is 2.51. The SMILES string of the molecule is O=C(NCC1CCCCC1)C1(c2ccc(NS(=O)(=O)c3ccc(Cl)cc3)cc2)CC1.O=C(O)C(F)(F)F. The number of carbonyl (C=O) groups excluding carboxylic acids is 1. The smallest absolute Gasteiger partial charge is 0.475 e. The molecule has 7 nitrogen and oxygen atoms in total. The summed E-state index contributed by atoms with van der Waals surface area (Å²) in [6.45, 7) is 0.763. The van der Waals surface area contributed by atoms with Gasteiger partial charge in [0.05, 0.1) is 10.3 Å². The summed E-state index contributed by atoms with van der Waals surface area (Å²) in [5.41, 5.74) is 0.951. The standard InChI is InChI=1S/C23H27ClN2O3S.C2HF3O2/c24-19-8-12-21(13-9-19)30(28,29)26-20-10-6-18(7-11-20)23(14-15-23)22(27)25-16-17-4-2-1-3-5-17;3-2(4,5)1(6)7/h6-13,17,26H,1-5,14-16H2,(H,25,27);(H,6,7). The number of anilines is 1. The molecule has 0 aromatic heterocycles. The number of benzene rings is 2. The monoisotopic (exact) mass is 560 g/mol. The van der Waals surface area contributed by atoms with E-state index in [0.717, 1.165) is 24.9 Å². The number of carboxylic acids is 1. The molecule has 0 spiro atoms. The average molecular weight is 561 g/mol. The van der Waals surface area contributed by atoms with Gasteiger partial charge >= 0.3 is 12.1 Å². The van der Waals surface area contributed by atoms with E-state index < -0.39 is 27.6 Å². The lowest BCUT2D eigenvalue weighted by molar-refractivity contribution is -0.192. The van der Waals surface area contributed by atoms with Gasteiger partial charge in [-0.2, -0.15) is 13.2 Å². The van der Waals surface area contributed by atoms with Crippen LogP contribution in [0.3, 0.4) is 0 Å². The largest absolute Gasteiger partial charge is 0.490 e. The molecule has 4 rings (SSSR count). The summed E-state index contributed by atoms with van der Waals surface area (Å²) in [4.78, 5) is 21.9. The second kappa shape index (κ2) is 11.7. The van der Waals surface area contributed by atoms with E-state index in [2.05, 4.69) is 10.0 Å². The fraction of sp³-hybridized carbons (Fsp3) is 0.440. The second-order valence-electron chi connectivity index (χ2n) is 9.24. The Labute approximate surface area is 218 Å². The maximum absolute atomic E-state index is 12.9. The number of sulfonamides is 1. The minimum Gasteiger partial charge on any atom is -0.475 e. The van der Waals surface area contributed by atoms with Crippen molar-refractivity contribution in [3.63, 3.8) is 0 Å². The average Bonchev–Trinajstić information content (AvgIpc) is 3.66. The first-order valence-electron chi connectivity index (χ1n) is 11.8. The molecule has 2 aromatic rings. The van der Waals surface area contributed by atoms with Gasteiger partial charge in [-0.15, -0.1) is 0 Å². The van der Waals surface area contributed by atoms with Crippen LogP contribution in [0.15, 0.2) is 53.4 Å². The van der Waals surface area contributed by atoms with E-state index in [-0.39, 0.29) is 10.8 Å². The molecule has 0 unspecified atom stereocenters. The van der Waals surface area contributed by atoms with Crippen LogP contribution in [0.5, 0.6) is 0 Å². The van der Waals surface area contributed by atoms with Crippen LogP contribution in [0.4, 0.5) is 18.9 Å². The molecule has 3 N–H and O–H groups in total. The van der Waals surface area contributed by atoms with E-state index in [1.54, 1.807) is 24.3 Å². The van der Waals surface area contributed by atoms with Gasteiger partial charge in [0.1, 0.15) is 0 Å². The van der Waals surface area contributed by atoms with E-state index >= 15 is 0 Å². The number of amides is 1. The quantitative estimate of drug-likeness (QED) is 0.414. The van der Waals surface area contributed by atoms with Crippen LogP contribution in [0.25, 0.3) is 0 Å². The molecule has 1 amide bonds. The highest BCUT2D eigenvalue weighted by atomic mass is 35.5. The molecule has 0 heterocycles. The molecular formula is C25H28ClF3N2O5S. The summed E-state index contributed by atoms with van der Waals surface area (Å²) in [7, 11) is -3.69. The summed E-state index contributed by atoms with van der Waals surface area (Å²) in [5.74, 6) is -2.06. The van der Waals surface area contributed by atoms with Gasteiger partial charge in [0, 0.05) is 17.3 Å². The van der Waals surface area contributed by atoms with Gasteiger partial charge < -0.3 is 10.4 Å². The Morgan fingerprint density at radius 3 is 2.00 bits per heavy atom. The highest BCUT2D eigenvalue weighted by Crippen LogP contribution is 2.48. The van der Waals surface area contributed by atoms with E-state index in [1.165, 1.54) is 44.2 Å². The van der Waals surface area contributed by atoms with E-state index in [1.807, 2.05) is 12.1 Å². The molecule has 12 heteroatoms. The molecular weight excluding hydrogens is 533 g/mol. The van der Waals surface area contributed by atoms with Crippen molar-refractivity contribution in [2.24, 2.45) is 5.92 Å². The summed E-state index contributed by atoms with van der Waals surface area (Å²) >= 11 is 5.83. The predicted octanol–water partition coefficient (Wildman–Crippen LogP) is 5.50. The third-order valence-electron chi connectivity index (χ3n) is 6.52. The van der Waals surface area contributed by atoms with E-state index in [4.69, 9.17) is 21.5 Å². The Kier molecular flexibility index (Phi) is 9.12. The van der Waals surface area contributed by atoms with Gasteiger partial charge in [-0.3, -0.25) is 9.52 Å². The van der Waals surface area contributed by atoms with Crippen LogP contribution in [0, 0.1) is 5.92 Å². The van der Waals surface area contributed by atoms with Crippen molar-refractivity contribution in [3.05, 3.63) is 59.1 Å². The summed E-state index contributed by atoms with van der Waals surface area (Å²) in [6.07, 6.45) is 2.82. The number of carbonyl (C=O) groups is 2.